The fourth-order valence-corrected chi connectivity index (χ4v) is 0.518. The molecule has 0 saturated heterocycles. The normalized spacial score (nSPS) is 10.9. The molecule has 0 aromatic rings. The largest absolute Gasteiger partial charge is 0.384 e. The molecule has 0 amide bonds. The van der Waals surface area contributed by atoms with Crippen LogP contribution in [0, 0.1) is 0 Å². The summed E-state index contributed by atoms with van der Waals surface area (Å²) in [5.74, 6) is 0. The average Bonchev–Trinajstić information content (AvgIpc) is 1.89. The summed E-state index contributed by atoms with van der Waals surface area (Å²) in [6, 6.07) is 0. The molecule has 0 bridgehead atoms. The fraction of sp³-hybridized carbons (Fsp3) is 0.714. The van der Waals surface area contributed by atoms with Crippen LogP contribution in [0.25, 0.3) is 0 Å². The molecule has 0 spiro atoms. The minimum atomic E-state index is 0.740. The molecule has 54 valence electrons. The molecule has 0 aromatic carbocycles. The SMILES string of the molecule is COCC/C=C\CCN. The van der Waals surface area contributed by atoms with Gasteiger partial charge in [0.1, 0.15) is 0 Å². The zero-order valence-corrected chi connectivity index (χ0v) is 5.97. The molecule has 0 atom stereocenters. The van der Waals surface area contributed by atoms with Crippen molar-refractivity contribution >= 4 is 0 Å². The molecule has 0 rings (SSSR count). The molecular weight excluding hydrogens is 114 g/mol. The van der Waals surface area contributed by atoms with Gasteiger partial charge in [-0.05, 0) is 19.4 Å². The first kappa shape index (κ1) is 8.66. The van der Waals surface area contributed by atoms with E-state index in [1.165, 1.54) is 0 Å². The molecule has 0 aliphatic carbocycles. The summed E-state index contributed by atoms with van der Waals surface area (Å²) in [4.78, 5) is 0. The first-order chi connectivity index (χ1) is 4.41. The van der Waals surface area contributed by atoms with Crippen LogP contribution in [0.2, 0.25) is 0 Å². The van der Waals surface area contributed by atoms with Gasteiger partial charge in [-0.15, -0.1) is 0 Å². The van der Waals surface area contributed by atoms with Crippen molar-refractivity contribution in [2.24, 2.45) is 5.73 Å². The van der Waals surface area contributed by atoms with Crippen LogP contribution >= 0.6 is 0 Å². The minimum absolute atomic E-state index is 0.740. The van der Waals surface area contributed by atoms with Gasteiger partial charge in [-0.1, -0.05) is 12.2 Å². The van der Waals surface area contributed by atoms with E-state index in [9.17, 15) is 0 Å². The summed E-state index contributed by atoms with van der Waals surface area (Å²) in [6.07, 6.45) is 6.15. The van der Waals surface area contributed by atoms with Gasteiger partial charge in [0, 0.05) is 13.7 Å². The van der Waals surface area contributed by atoms with Crippen LogP contribution in [0.15, 0.2) is 12.2 Å². The molecule has 0 fully saturated rings. The quantitative estimate of drug-likeness (QED) is 0.442. The van der Waals surface area contributed by atoms with Gasteiger partial charge in [0.25, 0.3) is 0 Å². The smallest absolute Gasteiger partial charge is 0.0496 e. The topological polar surface area (TPSA) is 35.2 Å². The highest BCUT2D eigenvalue weighted by atomic mass is 16.5. The Morgan fingerprint density at radius 3 is 2.56 bits per heavy atom. The molecule has 0 aromatic heterocycles. The van der Waals surface area contributed by atoms with Gasteiger partial charge in [0.05, 0.1) is 0 Å². The Balaban J connectivity index is 2.86. The van der Waals surface area contributed by atoms with Crippen LogP contribution in [0.4, 0.5) is 0 Å². The van der Waals surface area contributed by atoms with Crippen molar-refractivity contribution in [2.45, 2.75) is 12.8 Å². The van der Waals surface area contributed by atoms with E-state index in [0.717, 1.165) is 26.0 Å². The predicted molar refractivity (Wildman–Crippen MR) is 39.3 cm³/mol. The van der Waals surface area contributed by atoms with Crippen LogP contribution in [0.5, 0.6) is 0 Å². The Labute approximate surface area is 56.7 Å². The lowest BCUT2D eigenvalue weighted by atomic mass is 10.3. The number of ether oxygens (including phenoxy) is 1. The van der Waals surface area contributed by atoms with Crippen LogP contribution in [-0.4, -0.2) is 20.3 Å². The van der Waals surface area contributed by atoms with Crippen LogP contribution < -0.4 is 5.73 Å². The van der Waals surface area contributed by atoms with Crippen molar-refractivity contribution in [3.63, 3.8) is 0 Å². The highest BCUT2D eigenvalue weighted by Crippen LogP contribution is 1.85. The Morgan fingerprint density at radius 2 is 2.00 bits per heavy atom. The number of methoxy groups -OCH3 is 1. The lowest BCUT2D eigenvalue weighted by molar-refractivity contribution is 0.204. The molecule has 0 heterocycles. The van der Waals surface area contributed by atoms with E-state index in [-0.39, 0.29) is 0 Å². The zero-order chi connectivity index (χ0) is 6.95. The molecule has 2 nitrogen and oxygen atoms in total. The summed E-state index contributed by atoms with van der Waals surface area (Å²) >= 11 is 0. The molecule has 0 saturated carbocycles. The molecule has 2 N–H and O–H groups in total. The second kappa shape index (κ2) is 7.66. The number of rotatable bonds is 5. The van der Waals surface area contributed by atoms with E-state index in [1.54, 1.807) is 7.11 Å². The first-order valence-corrected chi connectivity index (χ1v) is 3.26. The van der Waals surface area contributed by atoms with Gasteiger partial charge in [0.2, 0.25) is 0 Å². The summed E-state index contributed by atoms with van der Waals surface area (Å²) in [6.45, 7) is 1.55. The molecule has 0 radical (unpaired) electrons. The summed E-state index contributed by atoms with van der Waals surface area (Å²) in [5, 5.41) is 0. The third-order valence-corrected chi connectivity index (χ3v) is 0.989. The van der Waals surface area contributed by atoms with Gasteiger partial charge in [0.15, 0.2) is 0 Å². The van der Waals surface area contributed by atoms with E-state index in [2.05, 4.69) is 12.2 Å². The Bertz CT molecular complexity index is 71.3. The van der Waals surface area contributed by atoms with Crippen LogP contribution in [0.1, 0.15) is 12.8 Å². The van der Waals surface area contributed by atoms with Gasteiger partial charge in [-0.3, -0.25) is 0 Å². The Kier molecular flexibility index (Phi) is 7.37. The maximum atomic E-state index is 5.26. The fourth-order valence-electron chi connectivity index (χ4n) is 0.518. The lowest BCUT2D eigenvalue weighted by Gasteiger charge is -1.89. The maximum absolute atomic E-state index is 5.26. The first-order valence-electron chi connectivity index (χ1n) is 3.26. The number of hydrogen-bond donors (Lipinski definition) is 1. The second-order valence-electron chi connectivity index (χ2n) is 1.83. The summed E-state index contributed by atoms with van der Waals surface area (Å²) < 4.78 is 4.84. The molecule has 0 aliphatic rings. The third-order valence-electron chi connectivity index (χ3n) is 0.989. The van der Waals surface area contributed by atoms with Gasteiger partial charge < -0.3 is 10.5 Å². The molecule has 2 heteroatoms. The van der Waals surface area contributed by atoms with Crippen molar-refractivity contribution in [3.05, 3.63) is 12.2 Å². The lowest BCUT2D eigenvalue weighted by Crippen LogP contribution is -1.95. The zero-order valence-electron chi connectivity index (χ0n) is 5.97. The van der Waals surface area contributed by atoms with Gasteiger partial charge in [-0.2, -0.15) is 0 Å². The van der Waals surface area contributed by atoms with Crippen molar-refractivity contribution in [1.29, 1.82) is 0 Å². The molecule has 0 unspecified atom stereocenters. The standard InChI is InChI=1S/C7H15NO/c1-9-7-5-3-2-4-6-8/h2-3H,4-8H2,1H3/b3-2-. The third kappa shape index (κ3) is 7.66. The van der Waals surface area contributed by atoms with E-state index in [4.69, 9.17) is 10.5 Å². The molecule has 9 heavy (non-hydrogen) atoms. The predicted octanol–water partition coefficient (Wildman–Crippen LogP) is 0.928. The monoisotopic (exact) mass is 129 g/mol. The highest BCUT2D eigenvalue weighted by Gasteiger charge is 1.75. The Hall–Kier alpha value is -0.340. The van der Waals surface area contributed by atoms with Gasteiger partial charge >= 0.3 is 0 Å². The van der Waals surface area contributed by atoms with Crippen molar-refractivity contribution < 1.29 is 4.74 Å². The number of hydrogen-bond acceptors (Lipinski definition) is 2. The van der Waals surface area contributed by atoms with Crippen molar-refractivity contribution in [3.8, 4) is 0 Å². The second-order valence-corrected chi connectivity index (χ2v) is 1.83. The van der Waals surface area contributed by atoms with Crippen LogP contribution in [0.3, 0.4) is 0 Å². The highest BCUT2D eigenvalue weighted by molar-refractivity contribution is 4.81. The van der Waals surface area contributed by atoms with E-state index in [1.807, 2.05) is 0 Å². The van der Waals surface area contributed by atoms with E-state index >= 15 is 0 Å². The average molecular weight is 129 g/mol. The van der Waals surface area contributed by atoms with Crippen LogP contribution in [-0.2, 0) is 4.74 Å². The summed E-state index contributed by atoms with van der Waals surface area (Å²) in [5.41, 5.74) is 5.26. The summed E-state index contributed by atoms with van der Waals surface area (Å²) in [7, 11) is 1.71. The van der Waals surface area contributed by atoms with E-state index in [0.29, 0.717) is 0 Å². The van der Waals surface area contributed by atoms with E-state index < -0.39 is 0 Å². The molecule has 0 aliphatic heterocycles. The minimum Gasteiger partial charge on any atom is -0.384 e. The van der Waals surface area contributed by atoms with Crippen molar-refractivity contribution in [1.82, 2.24) is 0 Å². The van der Waals surface area contributed by atoms with Gasteiger partial charge in [-0.25, -0.2) is 0 Å². The molecular formula is C7H15NO. The van der Waals surface area contributed by atoms with Crippen molar-refractivity contribution in [2.75, 3.05) is 20.3 Å². The maximum Gasteiger partial charge on any atom is 0.0496 e. The number of nitrogens with two attached hydrogens (primary N) is 1. The Morgan fingerprint density at radius 1 is 1.33 bits per heavy atom.